The average molecular weight is 436 g/mol. The van der Waals surface area contributed by atoms with Gasteiger partial charge in [0.25, 0.3) is 11.6 Å². The zero-order valence-corrected chi connectivity index (χ0v) is 18.1. The van der Waals surface area contributed by atoms with Crippen LogP contribution in [0.5, 0.6) is 0 Å². The van der Waals surface area contributed by atoms with Crippen molar-refractivity contribution in [2.75, 3.05) is 22.9 Å². The lowest BCUT2D eigenvalue weighted by atomic mass is 10.1. The third-order valence-electron chi connectivity index (χ3n) is 6.61. The van der Waals surface area contributed by atoms with Crippen LogP contribution in [0.3, 0.4) is 0 Å². The molecule has 2 aliphatic rings. The van der Waals surface area contributed by atoms with E-state index >= 15 is 0 Å². The molecule has 2 atom stereocenters. The number of aryl methyl sites for hydroxylation is 2. The van der Waals surface area contributed by atoms with E-state index in [4.69, 9.17) is 21.0 Å². The second kappa shape index (κ2) is 6.72. The Morgan fingerprint density at radius 1 is 1.06 bits per heavy atom. The molecule has 0 spiro atoms. The first-order chi connectivity index (χ1) is 15.0. The number of halogens is 1. The van der Waals surface area contributed by atoms with E-state index in [-0.39, 0.29) is 17.6 Å². The van der Waals surface area contributed by atoms with E-state index < -0.39 is 0 Å². The van der Waals surface area contributed by atoms with Crippen LogP contribution in [-0.4, -0.2) is 39.7 Å². The van der Waals surface area contributed by atoms with Gasteiger partial charge in [0, 0.05) is 26.2 Å². The number of nitrogens with zero attached hydrogens (tertiary/aromatic N) is 5. The highest BCUT2D eigenvalue weighted by Crippen LogP contribution is 2.38. The van der Waals surface area contributed by atoms with E-state index in [0.29, 0.717) is 11.2 Å². The lowest BCUT2D eigenvalue weighted by molar-refractivity contribution is 0.474. The zero-order valence-electron chi connectivity index (χ0n) is 17.4. The summed E-state index contributed by atoms with van der Waals surface area (Å²) in [6.45, 7) is 3.63. The van der Waals surface area contributed by atoms with Crippen molar-refractivity contribution < 1.29 is 4.42 Å². The molecule has 0 amide bonds. The summed E-state index contributed by atoms with van der Waals surface area (Å²) in [5, 5.41) is 0.427. The van der Waals surface area contributed by atoms with Crippen LogP contribution in [0.25, 0.3) is 22.1 Å². The Bertz CT molecular complexity index is 1380. The number of aromatic nitrogens is 3. The lowest BCUT2D eigenvalue weighted by Crippen LogP contribution is -2.54. The van der Waals surface area contributed by atoms with E-state index in [0.717, 1.165) is 53.8 Å². The third-order valence-corrected chi connectivity index (χ3v) is 6.82. The number of piperazine rings is 1. The number of hydrogen-bond donors (Lipinski definition) is 0. The van der Waals surface area contributed by atoms with Crippen LogP contribution in [-0.2, 0) is 7.05 Å². The normalized spacial score (nSPS) is 20.9. The summed E-state index contributed by atoms with van der Waals surface area (Å²) >= 11 is 6.20. The van der Waals surface area contributed by atoms with Crippen molar-refractivity contribution in [3.63, 3.8) is 0 Å². The van der Waals surface area contributed by atoms with Crippen LogP contribution in [0.15, 0.2) is 45.6 Å². The summed E-state index contributed by atoms with van der Waals surface area (Å²) in [6.07, 6.45) is 2.13. The molecule has 0 saturated carbocycles. The van der Waals surface area contributed by atoms with Gasteiger partial charge in [-0.25, -0.2) is 4.98 Å². The number of hydrogen-bond acceptors (Lipinski definition) is 6. The van der Waals surface area contributed by atoms with Gasteiger partial charge in [-0.05, 0) is 49.6 Å². The second-order valence-electron chi connectivity index (χ2n) is 8.59. The van der Waals surface area contributed by atoms with Gasteiger partial charge in [-0.3, -0.25) is 4.79 Å². The van der Waals surface area contributed by atoms with Crippen molar-refractivity contribution in [2.24, 2.45) is 7.05 Å². The molecular weight excluding hydrogens is 414 g/mol. The van der Waals surface area contributed by atoms with Gasteiger partial charge in [-0.1, -0.05) is 17.7 Å². The molecule has 1 aromatic carbocycles. The van der Waals surface area contributed by atoms with Crippen LogP contribution < -0.4 is 15.4 Å². The largest absolute Gasteiger partial charge is 0.423 e. The first-order valence-electron chi connectivity index (χ1n) is 10.5. The van der Waals surface area contributed by atoms with Gasteiger partial charge >= 0.3 is 0 Å². The number of anilines is 2. The van der Waals surface area contributed by atoms with E-state index in [1.165, 1.54) is 5.56 Å². The van der Waals surface area contributed by atoms with Crippen molar-refractivity contribution in [1.82, 2.24) is 14.5 Å². The topological polar surface area (TPSA) is 67.4 Å². The van der Waals surface area contributed by atoms with Crippen LogP contribution >= 0.6 is 11.6 Å². The minimum Gasteiger partial charge on any atom is -0.423 e. The fraction of sp³-hybridized carbons (Fsp3) is 0.348. The van der Waals surface area contributed by atoms with Crippen LogP contribution in [0.1, 0.15) is 18.4 Å². The predicted molar refractivity (Wildman–Crippen MR) is 122 cm³/mol. The van der Waals surface area contributed by atoms with Gasteiger partial charge in [0.15, 0.2) is 5.58 Å². The molecule has 0 N–H and O–H groups in total. The molecule has 3 aromatic heterocycles. The molecule has 5 heterocycles. The molecule has 31 heavy (non-hydrogen) atoms. The molecular formula is C23H22ClN5O2. The number of rotatable bonds is 2. The standard InChI is InChI=1S/C23H22ClN5O2/c1-13-3-7-19-16(9-13)25-23(31-19)29-14-4-5-15(29)12-28(11-14)18-10-21(30)27(2)17-6-8-20(24)26-22(17)18/h3,6-10,14-15H,4-5,11-12H2,1-2H3. The molecule has 4 aromatic rings. The fourth-order valence-corrected chi connectivity index (χ4v) is 5.22. The highest BCUT2D eigenvalue weighted by molar-refractivity contribution is 6.29. The first kappa shape index (κ1) is 18.7. The molecule has 2 fully saturated rings. The maximum Gasteiger partial charge on any atom is 0.299 e. The summed E-state index contributed by atoms with van der Waals surface area (Å²) in [5.41, 5.74) is 5.24. The van der Waals surface area contributed by atoms with Crippen molar-refractivity contribution in [3.8, 4) is 0 Å². The Morgan fingerprint density at radius 2 is 1.84 bits per heavy atom. The first-order valence-corrected chi connectivity index (χ1v) is 10.9. The molecule has 0 aliphatic carbocycles. The van der Waals surface area contributed by atoms with Crippen molar-refractivity contribution in [2.45, 2.75) is 31.8 Å². The van der Waals surface area contributed by atoms with Gasteiger partial charge in [-0.2, -0.15) is 4.98 Å². The SMILES string of the molecule is Cc1ccc2oc(N3C4CCC3CN(c3cc(=O)n(C)c5ccc(Cl)nc35)C4)nc2c1. The number of benzene rings is 1. The Hall–Kier alpha value is -3.06. The van der Waals surface area contributed by atoms with Crippen LogP contribution in [0.2, 0.25) is 5.15 Å². The smallest absolute Gasteiger partial charge is 0.299 e. The van der Waals surface area contributed by atoms with Gasteiger partial charge in [0.1, 0.15) is 16.2 Å². The highest BCUT2D eigenvalue weighted by atomic mass is 35.5. The Labute approximate surface area is 183 Å². The molecule has 2 unspecified atom stereocenters. The summed E-state index contributed by atoms with van der Waals surface area (Å²) < 4.78 is 7.74. The minimum absolute atomic E-state index is 0.0456. The van der Waals surface area contributed by atoms with Crippen LogP contribution in [0, 0.1) is 6.92 Å². The third kappa shape index (κ3) is 2.91. The number of pyridine rings is 2. The van der Waals surface area contributed by atoms with Crippen LogP contribution in [0.4, 0.5) is 11.7 Å². The molecule has 8 heteroatoms. The molecule has 7 nitrogen and oxygen atoms in total. The molecule has 2 aliphatic heterocycles. The molecule has 2 saturated heterocycles. The monoisotopic (exact) mass is 435 g/mol. The Kier molecular flexibility index (Phi) is 4.05. The van der Waals surface area contributed by atoms with Gasteiger partial charge < -0.3 is 18.8 Å². The Balaban J connectivity index is 1.38. The maximum absolute atomic E-state index is 12.6. The second-order valence-corrected chi connectivity index (χ2v) is 8.98. The lowest BCUT2D eigenvalue weighted by Gasteiger charge is -2.41. The summed E-state index contributed by atoms with van der Waals surface area (Å²) in [5.74, 6) is 0. The average Bonchev–Trinajstić information content (AvgIpc) is 3.27. The summed E-state index contributed by atoms with van der Waals surface area (Å²) in [6, 6.07) is 12.6. The van der Waals surface area contributed by atoms with E-state index in [1.807, 2.05) is 18.2 Å². The highest BCUT2D eigenvalue weighted by Gasteiger charge is 2.42. The molecule has 6 rings (SSSR count). The zero-order chi connectivity index (χ0) is 21.3. The van der Waals surface area contributed by atoms with Crippen molar-refractivity contribution in [1.29, 1.82) is 0 Å². The quantitative estimate of drug-likeness (QED) is 0.445. The predicted octanol–water partition coefficient (Wildman–Crippen LogP) is 3.89. The van der Waals surface area contributed by atoms with Gasteiger partial charge in [0.2, 0.25) is 0 Å². The van der Waals surface area contributed by atoms with Gasteiger partial charge in [0.05, 0.1) is 23.3 Å². The van der Waals surface area contributed by atoms with E-state index in [2.05, 4.69) is 27.8 Å². The molecule has 2 bridgehead atoms. The molecule has 158 valence electrons. The van der Waals surface area contributed by atoms with Gasteiger partial charge in [-0.15, -0.1) is 0 Å². The number of fused-ring (bicyclic) bond motifs is 4. The fourth-order valence-electron chi connectivity index (χ4n) is 5.08. The van der Waals surface area contributed by atoms with Crippen molar-refractivity contribution in [3.05, 3.63) is 57.5 Å². The van der Waals surface area contributed by atoms with E-state index in [1.54, 1.807) is 23.7 Å². The maximum atomic E-state index is 12.6. The molecule has 0 radical (unpaired) electrons. The Morgan fingerprint density at radius 3 is 2.61 bits per heavy atom. The number of oxazole rings is 1. The van der Waals surface area contributed by atoms with E-state index in [9.17, 15) is 4.79 Å². The minimum atomic E-state index is -0.0456. The van der Waals surface area contributed by atoms with Crippen molar-refractivity contribution >= 4 is 45.4 Å². The summed E-state index contributed by atoms with van der Waals surface area (Å²) in [7, 11) is 1.76. The summed E-state index contributed by atoms with van der Waals surface area (Å²) in [4.78, 5) is 26.6.